The van der Waals surface area contributed by atoms with Crippen LogP contribution in [0, 0.1) is 0 Å². The van der Waals surface area contributed by atoms with E-state index in [1.807, 2.05) is 0 Å². The van der Waals surface area contributed by atoms with E-state index in [-0.39, 0.29) is 23.1 Å². The third-order valence-corrected chi connectivity index (χ3v) is 5.73. The fraction of sp³-hybridized carbons (Fsp3) is 0.250. The van der Waals surface area contributed by atoms with E-state index in [0.29, 0.717) is 22.5 Å². The predicted molar refractivity (Wildman–Crippen MR) is 96.6 cm³/mol. The lowest BCUT2D eigenvalue weighted by atomic mass is 10.2. The van der Waals surface area contributed by atoms with Crippen LogP contribution < -0.4 is 10.0 Å². The lowest BCUT2D eigenvalue weighted by Crippen LogP contribution is -2.22. The predicted octanol–water partition coefficient (Wildman–Crippen LogP) is 2.53. The topological polar surface area (TPSA) is 113 Å². The van der Waals surface area contributed by atoms with E-state index in [9.17, 15) is 18.0 Å². The number of carbonyl (C=O) groups is 2. The number of carboxylic acid groups (broad SMARTS) is 1. The number of hydrogen-bond donors (Lipinski definition) is 3. The lowest BCUT2D eigenvalue weighted by molar-refractivity contribution is 0.0702. The summed E-state index contributed by atoms with van der Waals surface area (Å²) < 4.78 is 26.0. The van der Waals surface area contributed by atoms with Gasteiger partial charge >= 0.3 is 5.97 Å². The maximum Gasteiger partial charge on any atom is 0.345 e. The van der Waals surface area contributed by atoms with Gasteiger partial charge in [-0.25, -0.2) is 13.2 Å². The molecule has 9 heteroatoms. The van der Waals surface area contributed by atoms with Crippen molar-refractivity contribution in [2.24, 2.45) is 0 Å². The number of rotatable bonds is 8. The first-order chi connectivity index (χ1) is 11.8. The highest BCUT2D eigenvalue weighted by Crippen LogP contribution is 2.17. The van der Waals surface area contributed by atoms with Crippen LogP contribution in [0.2, 0.25) is 0 Å². The number of amides is 1. The van der Waals surface area contributed by atoms with Crippen LogP contribution in [0.15, 0.2) is 36.4 Å². The van der Waals surface area contributed by atoms with Crippen molar-refractivity contribution < 1.29 is 23.1 Å². The minimum absolute atomic E-state index is 0.00765. The molecule has 0 fully saturated rings. The number of carbonyl (C=O) groups excluding carboxylic acids is 1. The van der Waals surface area contributed by atoms with Crippen LogP contribution in [0.1, 0.15) is 38.3 Å². The average molecular weight is 382 g/mol. The first-order valence-electron chi connectivity index (χ1n) is 7.51. The summed E-state index contributed by atoms with van der Waals surface area (Å²) in [4.78, 5) is 24.0. The van der Waals surface area contributed by atoms with Crippen molar-refractivity contribution in [1.82, 2.24) is 5.32 Å². The van der Waals surface area contributed by atoms with Crippen LogP contribution in [0.25, 0.3) is 0 Å². The molecule has 0 aliphatic rings. The summed E-state index contributed by atoms with van der Waals surface area (Å²) in [6.07, 6.45) is 0.495. The minimum Gasteiger partial charge on any atom is -0.477 e. The van der Waals surface area contributed by atoms with Crippen molar-refractivity contribution in [3.8, 4) is 0 Å². The molecule has 0 aliphatic carbocycles. The number of anilines is 1. The van der Waals surface area contributed by atoms with Gasteiger partial charge in [0.25, 0.3) is 5.91 Å². The number of aromatic carboxylic acids is 1. The van der Waals surface area contributed by atoms with Crippen LogP contribution in [0.4, 0.5) is 5.69 Å². The fourth-order valence-corrected chi connectivity index (χ4v) is 3.99. The molecule has 0 radical (unpaired) electrons. The second kappa shape index (κ2) is 8.13. The Balaban J connectivity index is 2.01. The standard InChI is InChI=1S/C16H18N2O5S2/c1-2-8-25(22,23)18-12-5-3-4-11(9-12)15(19)17-10-13-6-7-14(24-13)16(20)21/h3-7,9,18H,2,8,10H2,1H3,(H,17,19)(H,20,21). The highest BCUT2D eigenvalue weighted by Gasteiger charge is 2.12. The molecule has 1 heterocycles. The molecule has 0 saturated heterocycles. The van der Waals surface area contributed by atoms with Gasteiger partial charge in [0, 0.05) is 16.1 Å². The monoisotopic (exact) mass is 382 g/mol. The van der Waals surface area contributed by atoms with Gasteiger partial charge in [0.05, 0.1) is 12.3 Å². The highest BCUT2D eigenvalue weighted by atomic mass is 32.2. The zero-order valence-corrected chi connectivity index (χ0v) is 15.1. The molecule has 134 valence electrons. The number of carboxylic acids is 1. The SMILES string of the molecule is CCCS(=O)(=O)Nc1cccc(C(=O)NCc2ccc(C(=O)O)s2)c1. The van der Waals surface area contributed by atoms with E-state index in [0.717, 1.165) is 11.3 Å². The van der Waals surface area contributed by atoms with E-state index in [1.54, 1.807) is 31.2 Å². The van der Waals surface area contributed by atoms with Crippen molar-refractivity contribution in [1.29, 1.82) is 0 Å². The quantitative estimate of drug-likeness (QED) is 0.649. The van der Waals surface area contributed by atoms with Crippen molar-refractivity contribution in [3.05, 3.63) is 51.7 Å². The first-order valence-corrected chi connectivity index (χ1v) is 9.98. The number of hydrogen-bond acceptors (Lipinski definition) is 5. The Hall–Kier alpha value is -2.39. The second-order valence-corrected chi connectivity index (χ2v) is 8.27. The number of thiophene rings is 1. The Bertz CT molecular complexity index is 874. The van der Waals surface area contributed by atoms with Gasteiger partial charge in [0.15, 0.2) is 0 Å². The Kier molecular flexibility index (Phi) is 6.16. The smallest absolute Gasteiger partial charge is 0.345 e. The lowest BCUT2D eigenvalue weighted by Gasteiger charge is -2.09. The van der Waals surface area contributed by atoms with E-state index < -0.39 is 16.0 Å². The molecule has 0 aliphatic heterocycles. The van der Waals surface area contributed by atoms with Crippen molar-refractivity contribution in [2.45, 2.75) is 19.9 Å². The van der Waals surface area contributed by atoms with Crippen LogP contribution in [-0.2, 0) is 16.6 Å². The van der Waals surface area contributed by atoms with Crippen molar-refractivity contribution >= 4 is 38.9 Å². The zero-order valence-electron chi connectivity index (χ0n) is 13.5. The van der Waals surface area contributed by atoms with Crippen molar-refractivity contribution in [3.63, 3.8) is 0 Å². The molecular weight excluding hydrogens is 364 g/mol. The molecule has 25 heavy (non-hydrogen) atoms. The summed E-state index contributed by atoms with van der Waals surface area (Å²) in [5.74, 6) is -1.37. The maximum absolute atomic E-state index is 12.2. The number of nitrogens with one attached hydrogen (secondary N) is 2. The third-order valence-electron chi connectivity index (χ3n) is 3.17. The van der Waals surface area contributed by atoms with Crippen LogP contribution in [-0.4, -0.2) is 31.2 Å². The minimum atomic E-state index is -3.42. The Labute approximate surface area is 149 Å². The van der Waals surface area contributed by atoms with Gasteiger partial charge in [0.2, 0.25) is 10.0 Å². The van der Waals surface area contributed by atoms with Gasteiger partial charge < -0.3 is 10.4 Å². The summed E-state index contributed by atoms with van der Waals surface area (Å²) in [7, 11) is -3.42. The molecule has 7 nitrogen and oxygen atoms in total. The number of sulfonamides is 1. The van der Waals surface area contributed by atoms with Crippen LogP contribution in [0.3, 0.4) is 0 Å². The molecule has 0 spiro atoms. The molecular formula is C16H18N2O5S2. The summed E-state index contributed by atoms with van der Waals surface area (Å²) >= 11 is 1.09. The Morgan fingerprint density at radius 3 is 2.60 bits per heavy atom. The molecule has 2 aromatic rings. The van der Waals surface area contributed by atoms with Gasteiger partial charge in [0.1, 0.15) is 4.88 Å². The summed E-state index contributed by atoms with van der Waals surface area (Å²) in [6, 6.07) is 9.32. The first kappa shape index (κ1) is 18.9. The third kappa shape index (κ3) is 5.57. The van der Waals surface area contributed by atoms with Gasteiger partial charge in [-0.3, -0.25) is 9.52 Å². The van der Waals surface area contributed by atoms with Crippen LogP contribution in [0.5, 0.6) is 0 Å². The van der Waals surface area contributed by atoms with Gasteiger partial charge in [-0.2, -0.15) is 0 Å². The van der Waals surface area contributed by atoms with E-state index in [4.69, 9.17) is 5.11 Å². The second-order valence-electron chi connectivity index (χ2n) is 5.26. The summed E-state index contributed by atoms with van der Waals surface area (Å²) in [5.41, 5.74) is 0.636. The Morgan fingerprint density at radius 1 is 1.20 bits per heavy atom. The molecule has 0 bridgehead atoms. The molecule has 0 saturated carbocycles. The largest absolute Gasteiger partial charge is 0.477 e. The van der Waals surface area contributed by atoms with Crippen molar-refractivity contribution in [2.75, 3.05) is 10.5 Å². The molecule has 0 atom stereocenters. The molecule has 1 aromatic carbocycles. The number of benzene rings is 1. The highest BCUT2D eigenvalue weighted by molar-refractivity contribution is 7.92. The van der Waals surface area contributed by atoms with E-state index >= 15 is 0 Å². The van der Waals surface area contributed by atoms with Crippen LogP contribution >= 0.6 is 11.3 Å². The zero-order chi connectivity index (χ0) is 18.4. The molecule has 1 aromatic heterocycles. The summed E-state index contributed by atoms with van der Waals surface area (Å²) in [6.45, 7) is 1.96. The average Bonchev–Trinajstić information content (AvgIpc) is 3.01. The molecule has 3 N–H and O–H groups in total. The van der Waals surface area contributed by atoms with E-state index in [2.05, 4.69) is 10.0 Å². The van der Waals surface area contributed by atoms with Gasteiger partial charge in [-0.15, -0.1) is 11.3 Å². The molecule has 2 rings (SSSR count). The molecule has 0 unspecified atom stereocenters. The van der Waals surface area contributed by atoms with Gasteiger partial charge in [-0.1, -0.05) is 13.0 Å². The fourth-order valence-electron chi connectivity index (χ4n) is 2.08. The summed E-state index contributed by atoms with van der Waals surface area (Å²) in [5, 5.41) is 11.6. The maximum atomic E-state index is 12.2. The van der Waals surface area contributed by atoms with E-state index in [1.165, 1.54) is 12.1 Å². The Morgan fingerprint density at radius 2 is 1.96 bits per heavy atom. The molecule has 1 amide bonds. The normalized spacial score (nSPS) is 11.1. The van der Waals surface area contributed by atoms with Gasteiger partial charge in [-0.05, 0) is 36.8 Å².